The number of hydrogen-bond acceptors (Lipinski definition) is 5. The van der Waals surface area contributed by atoms with Crippen molar-refractivity contribution < 1.29 is 14.3 Å². The Morgan fingerprint density at radius 2 is 2.13 bits per heavy atom. The van der Waals surface area contributed by atoms with E-state index in [2.05, 4.69) is 15.3 Å². The maximum Gasteiger partial charge on any atom is 0.407 e. The normalized spacial score (nSPS) is 11.5. The van der Waals surface area contributed by atoms with Crippen LogP contribution in [0.3, 0.4) is 0 Å². The Hall–Kier alpha value is -2.35. The molecule has 3 N–H and O–H groups in total. The molecule has 0 atom stereocenters. The summed E-state index contributed by atoms with van der Waals surface area (Å²) in [4.78, 5) is 31.2. The Bertz CT molecular complexity index is 751. The highest BCUT2D eigenvalue weighted by atomic mass is 35.5. The lowest BCUT2D eigenvalue weighted by molar-refractivity contribution is 0.0526. The predicted octanol–water partition coefficient (Wildman–Crippen LogP) is 1.71. The molecule has 2 heterocycles. The number of nitrogens with zero attached hydrogens (tertiary/aromatic N) is 3. The molecule has 2 aromatic heterocycles. The third-order valence-electron chi connectivity index (χ3n) is 2.86. The molecule has 0 aliphatic carbocycles. The van der Waals surface area contributed by atoms with Gasteiger partial charge in [0.1, 0.15) is 16.9 Å². The van der Waals surface area contributed by atoms with Crippen LogP contribution in [0.2, 0.25) is 5.28 Å². The Kier molecular flexibility index (Phi) is 4.74. The van der Waals surface area contributed by atoms with Crippen LogP contribution < -0.4 is 11.1 Å². The number of alkyl carbamates (subject to hydrolysis) is 1. The number of rotatable bonds is 4. The van der Waals surface area contributed by atoms with E-state index in [1.807, 2.05) is 0 Å². The predicted molar refractivity (Wildman–Crippen MR) is 85.3 cm³/mol. The standard InChI is InChI=1S/C14H18ClN5O3/c1-14(2,3)23-13(22)17-4-5-20-9(10(16)21)6-8-7-18-12(15)19-11(8)20/h6-7H,4-5H2,1-3H3,(H2,16,21)(H,17,22). The molecule has 23 heavy (non-hydrogen) atoms. The van der Waals surface area contributed by atoms with Gasteiger partial charge in [-0.05, 0) is 38.4 Å². The van der Waals surface area contributed by atoms with Crippen LogP contribution in [0, 0.1) is 0 Å². The van der Waals surface area contributed by atoms with Crippen molar-refractivity contribution in [2.45, 2.75) is 32.9 Å². The van der Waals surface area contributed by atoms with Crippen molar-refractivity contribution >= 4 is 34.6 Å². The maximum absolute atomic E-state index is 11.6. The van der Waals surface area contributed by atoms with Crippen molar-refractivity contribution in [3.8, 4) is 0 Å². The number of aromatic nitrogens is 3. The summed E-state index contributed by atoms with van der Waals surface area (Å²) in [5, 5.41) is 3.31. The number of primary amides is 1. The van der Waals surface area contributed by atoms with E-state index in [0.717, 1.165) is 0 Å². The quantitative estimate of drug-likeness (QED) is 0.823. The number of hydrogen-bond donors (Lipinski definition) is 2. The number of nitrogens with one attached hydrogen (secondary N) is 1. The van der Waals surface area contributed by atoms with E-state index in [1.165, 1.54) is 6.20 Å². The van der Waals surface area contributed by atoms with Gasteiger partial charge >= 0.3 is 6.09 Å². The molecule has 0 aromatic carbocycles. The smallest absolute Gasteiger partial charge is 0.407 e. The van der Waals surface area contributed by atoms with Crippen LogP contribution in [0.4, 0.5) is 4.79 Å². The second-order valence-corrected chi connectivity index (χ2v) is 6.23. The molecule has 0 saturated carbocycles. The number of ether oxygens (including phenoxy) is 1. The summed E-state index contributed by atoms with van der Waals surface area (Å²) in [5.41, 5.74) is 5.54. The summed E-state index contributed by atoms with van der Waals surface area (Å²) in [6.07, 6.45) is 0.969. The summed E-state index contributed by atoms with van der Waals surface area (Å²) in [7, 11) is 0. The SMILES string of the molecule is CC(C)(C)OC(=O)NCCn1c(C(N)=O)cc2cnc(Cl)nc21. The van der Waals surface area contributed by atoms with Crippen molar-refractivity contribution in [3.63, 3.8) is 0 Å². The Labute approximate surface area is 138 Å². The summed E-state index contributed by atoms with van der Waals surface area (Å²) in [6, 6.07) is 1.58. The Morgan fingerprint density at radius 3 is 2.74 bits per heavy atom. The van der Waals surface area contributed by atoms with Gasteiger partial charge in [-0.25, -0.2) is 9.78 Å². The number of carbonyl (C=O) groups excluding carboxylic acids is 2. The molecule has 0 bridgehead atoms. The first-order valence-corrected chi connectivity index (χ1v) is 7.33. The first-order chi connectivity index (χ1) is 10.7. The van der Waals surface area contributed by atoms with Gasteiger partial charge in [0.05, 0.1) is 0 Å². The minimum atomic E-state index is -0.601. The molecule has 8 nitrogen and oxygen atoms in total. The molecule has 0 radical (unpaired) electrons. The highest BCUT2D eigenvalue weighted by Crippen LogP contribution is 2.18. The van der Waals surface area contributed by atoms with Crippen LogP contribution in [0.1, 0.15) is 31.3 Å². The van der Waals surface area contributed by atoms with Gasteiger partial charge in [0.2, 0.25) is 5.28 Å². The molecule has 2 amide bonds. The van der Waals surface area contributed by atoms with Crippen molar-refractivity contribution in [2.24, 2.45) is 5.73 Å². The molecule has 2 rings (SSSR count). The Morgan fingerprint density at radius 1 is 1.43 bits per heavy atom. The van der Waals surface area contributed by atoms with Crippen molar-refractivity contribution in [2.75, 3.05) is 6.54 Å². The molecule has 0 aliphatic rings. The molecule has 0 unspecified atom stereocenters. The lowest BCUT2D eigenvalue weighted by Gasteiger charge is -2.19. The number of amides is 2. The summed E-state index contributed by atoms with van der Waals surface area (Å²) < 4.78 is 6.73. The summed E-state index contributed by atoms with van der Waals surface area (Å²) >= 11 is 5.80. The van der Waals surface area contributed by atoms with Gasteiger partial charge in [-0.2, -0.15) is 4.98 Å². The molecule has 9 heteroatoms. The van der Waals surface area contributed by atoms with E-state index in [1.54, 1.807) is 31.4 Å². The van der Waals surface area contributed by atoms with E-state index >= 15 is 0 Å². The number of nitrogens with two attached hydrogens (primary N) is 1. The second kappa shape index (κ2) is 6.41. The molecule has 0 spiro atoms. The minimum absolute atomic E-state index is 0.0629. The lowest BCUT2D eigenvalue weighted by atomic mass is 10.2. The first-order valence-electron chi connectivity index (χ1n) is 6.96. The Balaban J connectivity index is 2.15. The monoisotopic (exact) mass is 339 g/mol. The van der Waals surface area contributed by atoms with Crippen molar-refractivity contribution in [1.29, 1.82) is 0 Å². The van der Waals surface area contributed by atoms with Crippen LogP contribution in [-0.2, 0) is 11.3 Å². The van der Waals surface area contributed by atoms with Crippen LogP contribution in [0.25, 0.3) is 11.0 Å². The second-order valence-electron chi connectivity index (χ2n) is 5.89. The zero-order valence-electron chi connectivity index (χ0n) is 13.1. The third kappa shape index (κ3) is 4.32. The van der Waals surface area contributed by atoms with Crippen LogP contribution in [-0.4, -0.2) is 38.7 Å². The molecular formula is C14H18ClN5O3. The van der Waals surface area contributed by atoms with Gasteiger partial charge in [0.25, 0.3) is 5.91 Å². The fraction of sp³-hybridized carbons (Fsp3) is 0.429. The highest BCUT2D eigenvalue weighted by molar-refractivity contribution is 6.28. The fourth-order valence-corrected chi connectivity index (χ4v) is 2.16. The first kappa shape index (κ1) is 17.0. The zero-order valence-corrected chi connectivity index (χ0v) is 13.8. The molecule has 2 aromatic rings. The van der Waals surface area contributed by atoms with Gasteiger partial charge in [-0.3, -0.25) is 4.79 Å². The number of fused-ring (bicyclic) bond motifs is 1. The third-order valence-corrected chi connectivity index (χ3v) is 3.04. The van der Waals surface area contributed by atoms with Crippen molar-refractivity contribution in [1.82, 2.24) is 19.9 Å². The lowest BCUT2D eigenvalue weighted by Crippen LogP contribution is -2.34. The average Bonchev–Trinajstić information content (AvgIpc) is 2.75. The van der Waals surface area contributed by atoms with Gasteiger partial charge in [0, 0.05) is 24.7 Å². The average molecular weight is 340 g/mol. The summed E-state index contributed by atoms with van der Waals surface area (Å²) in [5.74, 6) is -0.601. The van der Waals surface area contributed by atoms with Crippen LogP contribution in [0.15, 0.2) is 12.3 Å². The molecule has 124 valence electrons. The van der Waals surface area contributed by atoms with E-state index in [-0.39, 0.29) is 24.1 Å². The van der Waals surface area contributed by atoms with Crippen LogP contribution >= 0.6 is 11.6 Å². The van der Waals surface area contributed by atoms with Gasteiger partial charge in [0.15, 0.2) is 0 Å². The highest BCUT2D eigenvalue weighted by Gasteiger charge is 2.17. The summed E-state index contributed by atoms with van der Waals surface area (Å²) in [6.45, 7) is 5.84. The number of halogens is 1. The van der Waals surface area contributed by atoms with E-state index < -0.39 is 17.6 Å². The van der Waals surface area contributed by atoms with E-state index in [0.29, 0.717) is 11.0 Å². The molecule has 0 fully saturated rings. The number of carbonyl (C=O) groups is 2. The van der Waals surface area contributed by atoms with Gasteiger partial charge < -0.3 is 20.4 Å². The largest absolute Gasteiger partial charge is 0.444 e. The minimum Gasteiger partial charge on any atom is -0.444 e. The van der Waals surface area contributed by atoms with Gasteiger partial charge in [-0.1, -0.05) is 0 Å². The molecule has 0 saturated heterocycles. The van der Waals surface area contributed by atoms with Crippen molar-refractivity contribution in [3.05, 3.63) is 23.2 Å². The van der Waals surface area contributed by atoms with Gasteiger partial charge in [-0.15, -0.1) is 0 Å². The molecular weight excluding hydrogens is 322 g/mol. The maximum atomic E-state index is 11.6. The van der Waals surface area contributed by atoms with Crippen LogP contribution in [0.5, 0.6) is 0 Å². The van der Waals surface area contributed by atoms with E-state index in [4.69, 9.17) is 22.1 Å². The fourth-order valence-electron chi connectivity index (χ4n) is 2.03. The van der Waals surface area contributed by atoms with E-state index in [9.17, 15) is 9.59 Å². The topological polar surface area (TPSA) is 112 Å². The zero-order chi connectivity index (χ0) is 17.2. The molecule has 0 aliphatic heterocycles.